The van der Waals surface area contributed by atoms with Crippen LogP contribution >= 0.6 is 27.5 Å². The Labute approximate surface area is 268 Å². The summed E-state index contributed by atoms with van der Waals surface area (Å²) in [5.74, 6) is -6.37. The number of para-hydroxylation sites is 1. The average molecular weight is 707 g/mol. The second-order valence-corrected chi connectivity index (χ2v) is 12.3. The van der Waals surface area contributed by atoms with E-state index in [0.717, 1.165) is 16.1 Å². The Morgan fingerprint density at radius 2 is 1.87 bits per heavy atom. The van der Waals surface area contributed by atoms with Gasteiger partial charge >= 0.3 is 6.18 Å². The quantitative estimate of drug-likeness (QED) is 0.240. The molecule has 0 saturated carbocycles. The van der Waals surface area contributed by atoms with Crippen LogP contribution in [0.25, 0.3) is 0 Å². The highest BCUT2D eigenvalue weighted by Gasteiger charge is 2.58. The minimum absolute atomic E-state index is 0.0394. The van der Waals surface area contributed by atoms with Crippen molar-refractivity contribution in [3.05, 3.63) is 80.0 Å². The van der Waals surface area contributed by atoms with Gasteiger partial charge in [-0.1, -0.05) is 35.4 Å². The number of ether oxygens (including phenoxy) is 1. The van der Waals surface area contributed by atoms with Gasteiger partial charge in [-0.3, -0.25) is 24.2 Å². The van der Waals surface area contributed by atoms with Crippen molar-refractivity contribution in [3.63, 3.8) is 0 Å². The van der Waals surface area contributed by atoms with Crippen molar-refractivity contribution in [3.8, 4) is 11.5 Å². The maximum Gasteiger partial charge on any atom is 0.433 e. The molecule has 4 aliphatic rings. The third-order valence-electron chi connectivity index (χ3n) is 8.67. The number of nitrogens with zero attached hydrogens (tertiary/aromatic N) is 3. The molecule has 2 aromatic rings. The highest BCUT2D eigenvalue weighted by molar-refractivity contribution is 9.12. The van der Waals surface area contributed by atoms with Crippen molar-refractivity contribution in [2.75, 3.05) is 18.7 Å². The molecule has 0 radical (unpaired) electrons. The number of amides is 2. The van der Waals surface area contributed by atoms with E-state index in [1.807, 2.05) is 0 Å². The predicted molar refractivity (Wildman–Crippen MR) is 158 cm³/mol. The predicted octanol–water partition coefficient (Wildman–Crippen LogP) is 5.67. The van der Waals surface area contributed by atoms with Crippen molar-refractivity contribution < 1.29 is 42.2 Å². The molecule has 1 saturated heterocycles. The molecule has 2 amide bonds. The van der Waals surface area contributed by atoms with Gasteiger partial charge in [0, 0.05) is 35.8 Å². The highest BCUT2D eigenvalue weighted by atomic mass is 79.9. The fourth-order valence-electron chi connectivity index (χ4n) is 6.80. The van der Waals surface area contributed by atoms with Gasteiger partial charge in [0.15, 0.2) is 28.9 Å². The lowest BCUT2D eigenvalue weighted by atomic mass is 9.59. The van der Waals surface area contributed by atoms with Crippen LogP contribution in [0.15, 0.2) is 63.7 Å². The number of fused-ring (bicyclic) bond motifs is 3. The third-order valence-corrected chi connectivity index (χ3v) is 9.56. The van der Waals surface area contributed by atoms with E-state index in [0.29, 0.717) is 17.2 Å². The van der Waals surface area contributed by atoms with Crippen molar-refractivity contribution >= 4 is 56.7 Å². The lowest BCUT2D eigenvalue weighted by molar-refractivity contribution is -0.141. The van der Waals surface area contributed by atoms with Crippen LogP contribution in [-0.2, 0) is 25.4 Å². The molecule has 9 nitrogen and oxygen atoms in total. The number of Topliss-reactive ketones (excluding diaryl/α,β-unsaturated/α-hetero) is 1. The van der Waals surface area contributed by atoms with Gasteiger partial charge in [-0.15, -0.1) is 0 Å². The van der Waals surface area contributed by atoms with Crippen LogP contribution in [0.1, 0.15) is 36.9 Å². The maximum atomic E-state index is 14.1. The monoisotopic (exact) mass is 705 g/mol. The molecule has 0 bridgehead atoms. The zero-order valence-corrected chi connectivity index (χ0v) is 26.0. The van der Waals surface area contributed by atoms with E-state index in [9.17, 15) is 37.5 Å². The molecule has 0 unspecified atom stereocenters. The molecule has 1 N–H and O–H groups in total. The second kappa shape index (κ2) is 11.1. The SMILES string of the molecule is CCOc1cccc([C@H]2C3=CC[C@@H]4C(=O)N(N(C)c5nc(C(F)(F)F)ccc5Cl)C(=O)[C@@H]4[C@@H]3CC3=C2C(=O)C=C(Br)C3=O)c1O. The lowest BCUT2D eigenvalue weighted by Crippen LogP contribution is -2.46. The number of rotatable bonds is 5. The Kier molecular flexibility index (Phi) is 7.67. The normalized spacial score (nSPS) is 24.6. The summed E-state index contributed by atoms with van der Waals surface area (Å²) in [5, 5.41) is 12.7. The van der Waals surface area contributed by atoms with Crippen LogP contribution in [0.3, 0.4) is 0 Å². The molecule has 45 heavy (non-hydrogen) atoms. The standard InChI is InChI=1S/C31H24BrClF3N3O6/c1-3-45-21-6-4-5-14(27(21)42)23-13-7-8-15-24(16(13)11-17-25(23)20(40)12-18(32)26(17)41)30(44)39(29(15)43)38(2)28-19(33)9-10-22(37-28)31(34,35)36/h4-7,9-10,12,15-16,23-24,42H,3,8,11H2,1-2H3/t15-,16+,23+,24-/m0/s1. The molecular weight excluding hydrogens is 683 g/mol. The topological polar surface area (TPSA) is 117 Å². The van der Waals surface area contributed by atoms with E-state index >= 15 is 0 Å². The summed E-state index contributed by atoms with van der Waals surface area (Å²) in [7, 11) is 1.22. The van der Waals surface area contributed by atoms with Gasteiger partial charge < -0.3 is 9.84 Å². The zero-order valence-electron chi connectivity index (χ0n) is 23.7. The summed E-state index contributed by atoms with van der Waals surface area (Å²) >= 11 is 9.35. The van der Waals surface area contributed by atoms with Crippen LogP contribution in [0.2, 0.25) is 5.02 Å². The molecule has 1 fully saturated rings. The van der Waals surface area contributed by atoms with E-state index in [-0.39, 0.29) is 51.6 Å². The van der Waals surface area contributed by atoms with Gasteiger partial charge in [-0.05, 0) is 59.8 Å². The number of carbonyl (C=O) groups is 4. The van der Waals surface area contributed by atoms with E-state index in [1.54, 1.807) is 31.2 Å². The second-order valence-electron chi connectivity index (χ2n) is 11.0. The molecular formula is C31H24BrClF3N3O6. The number of allylic oxidation sites excluding steroid dienone is 6. The Hall–Kier alpha value is -3.97. The van der Waals surface area contributed by atoms with Crippen LogP contribution in [-0.4, -0.2) is 52.1 Å². The number of aromatic hydroxyl groups is 1. The number of alkyl halides is 3. The number of imide groups is 1. The van der Waals surface area contributed by atoms with E-state index in [1.165, 1.54) is 13.1 Å². The number of phenolic OH excluding ortho intramolecular Hbond substituents is 1. The number of carbonyl (C=O) groups excluding carboxylic acids is 4. The molecule has 234 valence electrons. The first kappa shape index (κ1) is 31.0. The Morgan fingerprint density at radius 3 is 2.56 bits per heavy atom. The van der Waals surface area contributed by atoms with E-state index < -0.39 is 64.7 Å². The number of pyridine rings is 1. The number of anilines is 1. The first-order valence-electron chi connectivity index (χ1n) is 13.9. The van der Waals surface area contributed by atoms with Crippen molar-refractivity contribution in [1.82, 2.24) is 9.99 Å². The Bertz CT molecular complexity index is 1790. The summed E-state index contributed by atoms with van der Waals surface area (Å²) in [6.07, 6.45) is -1.84. The number of hydrogen-bond acceptors (Lipinski definition) is 8. The minimum Gasteiger partial charge on any atom is -0.504 e. The fourth-order valence-corrected chi connectivity index (χ4v) is 7.47. The lowest BCUT2D eigenvalue weighted by Gasteiger charge is -2.42. The van der Waals surface area contributed by atoms with Crippen LogP contribution in [0.4, 0.5) is 19.0 Å². The summed E-state index contributed by atoms with van der Waals surface area (Å²) < 4.78 is 46.0. The number of hydrazine groups is 1. The highest BCUT2D eigenvalue weighted by Crippen LogP contribution is 2.57. The number of benzene rings is 1. The zero-order chi connectivity index (χ0) is 32.5. The number of hydrogen-bond donors (Lipinski definition) is 1. The van der Waals surface area contributed by atoms with E-state index in [4.69, 9.17) is 16.3 Å². The largest absolute Gasteiger partial charge is 0.504 e. The van der Waals surface area contributed by atoms with Gasteiger partial charge in [0.05, 0.1) is 27.9 Å². The number of ketones is 2. The van der Waals surface area contributed by atoms with Crippen molar-refractivity contribution in [2.45, 2.75) is 31.9 Å². The van der Waals surface area contributed by atoms with Crippen LogP contribution < -0.4 is 9.75 Å². The molecule has 1 aromatic heterocycles. The van der Waals surface area contributed by atoms with Gasteiger partial charge in [-0.25, -0.2) is 4.98 Å². The fraction of sp³-hybridized carbons (Fsp3) is 0.323. The van der Waals surface area contributed by atoms with Crippen LogP contribution in [0.5, 0.6) is 11.5 Å². The molecule has 6 rings (SSSR count). The molecule has 1 aromatic carbocycles. The summed E-state index contributed by atoms with van der Waals surface area (Å²) in [6, 6.07) is 6.50. The molecule has 0 spiro atoms. The van der Waals surface area contributed by atoms with E-state index in [2.05, 4.69) is 20.9 Å². The van der Waals surface area contributed by atoms with Crippen LogP contribution in [0, 0.1) is 17.8 Å². The minimum atomic E-state index is -4.80. The van der Waals surface area contributed by atoms with Gasteiger partial charge in [-0.2, -0.15) is 18.2 Å². The smallest absolute Gasteiger partial charge is 0.433 e. The summed E-state index contributed by atoms with van der Waals surface area (Å²) in [5.41, 5.74) is -0.0673. The number of halogens is 5. The van der Waals surface area contributed by atoms with Gasteiger partial charge in [0.1, 0.15) is 5.69 Å². The Balaban J connectivity index is 1.45. The van der Waals surface area contributed by atoms with Crippen molar-refractivity contribution in [2.24, 2.45) is 17.8 Å². The Morgan fingerprint density at radius 1 is 1.13 bits per heavy atom. The summed E-state index contributed by atoms with van der Waals surface area (Å²) in [4.78, 5) is 58.3. The van der Waals surface area contributed by atoms with Gasteiger partial charge in [0.25, 0.3) is 11.8 Å². The molecule has 4 atom stereocenters. The van der Waals surface area contributed by atoms with Crippen molar-refractivity contribution in [1.29, 1.82) is 0 Å². The third kappa shape index (κ3) is 4.87. The first-order chi connectivity index (χ1) is 21.3. The number of phenols is 1. The molecule has 1 aliphatic heterocycles. The van der Waals surface area contributed by atoms with Gasteiger partial charge in [0.2, 0.25) is 0 Å². The first-order valence-corrected chi connectivity index (χ1v) is 15.1. The average Bonchev–Trinajstić information content (AvgIpc) is 3.25. The molecule has 14 heteroatoms. The maximum absolute atomic E-state index is 14.1. The molecule has 2 heterocycles. The summed E-state index contributed by atoms with van der Waals surface area (Å²) in [6.45, 7) is 1.99. The molecule has 3 aliphatic carbocycles. The number of aromatic nitrogens is 1.